The maximum atomic E-state index is 10.2. The lowest BCUT2D eigenvalue weighted by atomic mass is 10.3. The summed E-state index contributed by atoms with van der Waals surface area (Å²) in [5, 5.41) is 0. The van der Waals surface area contributed by atoms with Gasteiger partial charge in [0.1, 0.15) is 12.2 Å². The summed E-state index contributed by atoms with van der Waals surface area (Å²) in [6.45, 7) is 2.63. The fraction of sp³-hybridized carbons (Fsp3) is 0.667. The average Bonchev–Trinajstić information content (AvgIpc) is 1.96. The minimum Gasteiger partial charge on any atom is -0.263 e. The molecule has 2 unspecified atom stereocenters. The first-order valence-electron chi connectivity index (χ1n) is 3.68. The van der Waals surface area contributed by atoms with Gasteiger partial charge in [-0.3, -0.25) is 8.74 Å². The SMILES string of the molecule is CC(C#CC(C)OS(=O)(=O)O)O[SH](=O)=O. The predicted molar refractivity (Wildman–Crippen MR) is 50.7 cm³/mol. The number of hydrogen-bond donors (Lipinski definition) is 2. The molecule has 0 fully saturated rings. The summed E-state index contributed by atoms with van der Waals surface area (Å²) in [6, 6.07) is 0. The highest BCUT2D eigenvalue weighted by Crippen LogP contribution is 1.95. The van der Waals surface area contributed by atoms with E-state index < -0.39 is 33.6 Å². The highest BCUT2D eigenvalue weighted by Gasteiger charge is 2.09. The summed E-state index contributed by atoms with van der Waals surface area (Å²) in [4.78, 5) is 0. The lowest BCUT2D eigenvalue weighted by Crippen LogP contribution is -2.13. The molecule has 0 aromatic heterocycles. The van der Waals surface area contributed by atoms with Gasteiger partial charge in [-0.25, -0.2) is 12.6 Å². The lowest BCUT2D eigenvalue weighted by Gasteiger charge is -2.02. The zero-order chi connectivity index (χ0) is 12.1. The molecule has 0 bridgehead atoms. The molecule has 0 aliphatic carbocycles. The standard InChI is InChI=1S/C6H10O7S2/c1-5(12-14(7)8)3-4-6(2)13-15(9,10)11/h5-6,14H,1-2H3,(H,9,10,11). The third-order valence-corrected chi connectivity index (χ3v) is 2.02. The van der Waals surface area contributed by atoms with Gasteiger partial charge in [0.15, 0.2) is 0 Å². The van der Waals surface area contributed by atoms with E-state index in [1.165, 1.54) is 13.8 Å². The first kappa shape index (κ1) is 14.3. The Hall–Kier alpha value is -0.660. The molecule has 2 atom stereocenters. The topological polar surface area (TPSA) is 107 Å². The van der Waals surface area contributed by atoms with Crippen LogP contribution in [-0.2, 0) is 29.8 Å². The van der Waals surface area contributed by atoms with Crippen molar-refractivity contribution in [2.75, 3.05) is 0 Å². The molecule has 0 aliphatic rings. The third-order valence-electron chi connectivity index (χ3n) is 1.000. The molecule has 0 aliphatic heterocycles. The van der Waals surface area contributed by atoms with Gasteiger partial charge in [-0.1, -0.05) is 11.8 Å². The smallest absolute Gasteiger partial charge is 0.263 e. The zero-order valence-corrected chi connectivity index (χ0v) is 9.62. The Balaban J connectivity index is 4.28. The van der Waals surface area contributed by atoms with Gasteiger partial charge in [0.05, 0.1) is 0 Å². The summed E-state index contributed by atoms with van der Waals surface area (Å²) in [7, 11) is -7.57. The van der Waals surface area contributed by atoms with Crippen molar-refractivity contribution in [3.63, 3.8) is 0 Å². The summed E-state index contributed by atoms with van der Waals surface area (Å²) in [5.41, 5.74) is 0. The molecule has 0 saturated carbocycles. The molecule has 88 valence electrons. The Morgan fingerprint density at radius 1 is 1.20 bits per heavy atom. The zero-order valence-electron chi connectivity index (χ0n) is 7.91. The number of rotatable bonds is 4. The fourth-order valence-electron chi connectivity index (χ4n) is 0.597. The van der Waals surface area contributed by atoms with Crippen LogP contribution in [0.2, 0.25) is 0 Å². The second-order valence-electron chi connectivity index (χ2n) is 2.43. The van der Waals surface area contributed by atoms with Crippen LogP contribution in [0.15, 0.2) is 0 Å². The summed E-state index contributed by atoms with van der Waals surface area (Å²) in [5.74, 6) is 4.52. The van der Waals surface area contributed by atoms with Crippen molar-refractivity contribution in [2.45, 2.75) is 26.1 Å². The Morgan fingerprint density at radius 2 is 1.67 bits per heavy atom. The van der Waals surface area contributed by atoms with Gasteiger partial charge >= 0.3 is 10.4 Å². The Morgan fingerprint density at radius 3 is 2.07 bits per heavy atom. The molecular formula is C6H10O7S2. The van der Waals surface area contributed by atoms with Crippen LogP contribution in [0.4, 0.5) is 0 Å². The molecule has 0 heterocycles. The van der Waals surface area contributed by atoms with E-state index in [-0.39, 0.29) is 0 Å². The Bertz CT molecular complexity index is 416. The molecule has 0 saturated heterocycles. The first-order chi connectivity index (χ1) is 6.70. The molecule has 0 aromatic carbocycles. The van der Waals surface area contributed by atoms with Crippen LogP contribution >= 0.6 is 0 Å². The van der Waals surface area contributed by atoms with Gasteiger partial charge in [0.25, 0.3) is 11.0 Å². The van der Waals surface area contributed by atoms with Crippen molar-refractivity contribution >= 4 is 21.4 Å². The molecule has 1 N–H and O–H groups in total. The second-order valence-corrected chi connectivity index (χ2v) is 4.13. The van der Waals surface area contributed by atoms with Crippen LogP contribution in [0.5, 0.6) is 0 Å². The summed E-state index contributed by atoms with van der Waals surface area (Å²) >= 11 is 0. The highest BCUT2D eigenvalue weighted by molar-refractivity contribution is 7.80. The molecule has 7 nitrogen and oxygen atoms in total. The van der Waals surface area contributed by atoms with Gasteiger partial charge in [0, 0.05) is 0 Å². The van der Waals surface area contributed by atoms with E-state index in [9.17, 15) is 16.8 Å². The molecule has 0 rings (SSSR count). The van der Waals surface area contributed by atoms with Crippen LogP contribution in [0.1, 0.15) is 13.8 Å². The molecular weight excluding hydrogens is 248 g/mol. The fourth-order valence-corrected chi connectivity index (χ4v) is 1.32. The van der Waals surface area contributed by atoms with Gasteiger partial charge in [-0.05, 0) is 13.8 Å². The largest absolute Gasteiger partial charge is 0.398 e. The number of thiol groups is 1. The van der Waals surface area contributed by atoms with E-state index in [0.29, 0.717) is 0 Å². The van der Waals surface area contributed by atoms with Crippen LogP contribution < -0.4 is 0 Å². The molecule has 15 heavy (non-hydrogen) atoms. The average molecular weight is 258 g/mol. The van der Waals surface area contributed by atoms with E-state index in [1.807, 2.05) is 0 Å². The minimum atomic E-state index is -4.56. The van der Waals surface area contributed by atoms with E-state index in [1.54, 1.807) is 0 Å². The van der Waals surface area contributed by atoms with E-state index in [4.69, 9.17) is 4.55 Å². The van der Waals surface area contributed by atoms with E-state index in [0.717, 1.165) is 0 Å². The Kier molecular flexibility index (Phi) is 5.77. The second kappa shape index (κ2) is 6.04. The maximum absolute atomic E-state index is 10.2. The van der Waals surface area contributed by atoms with E-state index in [2.05, 4.69) is 20.2 Å². The van der Waals surface area contributed by atoms with E-state index >= 15 is 0 Å². The normalized spacial score (nSPS) is 15.5. The molecule has 0 spiro atoms. The Labute approximate surface area is 89.5 Å². The van der Waals surface area contributed by atoms with Gasteiger partial charge in [-0.2, -0.15) is 8.42 Å². The van der Waals surface area contributed by atoms with Crippen molar-refractivity contribution in [1.82, 2.24) is 0 Å². The van der Waals surface area contributed by atoms with Crippen molar-refractivity contribution in [2.24, 2.45) is 0 Å². The van der Waals surface area contributed by atoms with Crippen LogP contribution in [0, 0.1) is 11.8 Å². The molecule has 0 radical (unpaired) electrons. The molecule has 0 amide bonds. The van der Waals surface area contributed by atoms with Crippen LogP contribution in [0.3, 0.4) is 0 Å². The number of hydrogen-bond acceptors (Lipinski definition) is 6. The van der Waals surface area contributed by atoms with Crippen molar-refractivity contribution in [3.05, 3.63) is 0 Å². The highest BCUT2D eigenvalue weighted by atomic mass is 32.3. The van der Waals surface area contributed by atoms with Crippen molar-refractivity contribution < 1.29 is 29.8 Å². The van der Waals surface area contributed by atoms with Gasteiger partial charge in [0.2, 0.25) is 0 Å². The van der Waals surface area contributed by atoms with Crippen LogP contribution in [0.25, 0.3) is 0 Å². The summed E-state index contributed by atoms with van der Waals surface area (Å²) < 4.78 is 57.1. The molecule has 0 aromatic rings. The quantitative estimate of drug-likeness (QED) is 0.383. The monoisotopic (exact) mass is 258 g/mol. The summed E-state index contributed by atoms with van der Waals surface area (Å²) in [6.07, 6.45) is -1.99. The van der Waals surface area contributed by atoms with Crippen molar-refractivity contribution in [3.8, 4) is 11.8 Å². The van der Waals surface area contributed by atoms with Gasteiger partial charge < -0.3 is 0 Å². The minimum absolute atomic E-state index is 0.904. The third kappa shape index (κ3) is 9.64. The van der Waals surface area contributed by atoms with Gasteiger partial charge in [-0.15, -0.1) is 0 Å². The lowest BCUT2D eigenvalue weighted by molar-refractivity contribution is 0.239. The predicted octanol–water partition coefficient (Wildman–Crippen LogP) is -0.871. The first-order valence-corrected chi connectivity index (χ1v) is 6.14. The van der Waals surface area contributed by atoms with Crippen LogP contribution in [-0.4, -0.2) is 33.6 Å². The van der Waals surface area contributed by atoms with Crippen molar-refractivity contribution in [1.29, 1.82) is 0 Å². The molecule has 9 heteroatoms. The maximum Gasteiger partial charge on any atom is 0.398 e.